The number of methoxy groups -OCH3 is 1. The Morgan fingerprint density at radius 1 is 1.38 bits per heavy atom. The first-order chi connectivity index (χ1) is 15.2. The Hall–Kier alpha value is -2.34. The first-order valence-electron chi connectivity index (χ1n) is 9.65. The second-order valence-corrected chi connectivity index (χ2v) is 10.7. The molecule has 1 unspecified atom stereocenters. The molecule has 0 saturated heterocycles. The molecule has 8 nitrogen and oxygen atoms in total. The third kappa shape index (κ3) is 4.70. The van der Waals surface area contributed by atoms with Crippen LogP contribution in [0.1, 0.15) is 29.5 Å². The van der Waals surface area contributed by atoms with E-state index < -0.39 is 27.9 Å². The summed E-state index contributed by atoms with van der Waals surface area (Å²) in [6.07, 6.45) is 3.73. The number of benzene rings is 1. The lowest BCUT2D eigenvalue weighted by Crippen LogP contribution is -2.48. The molecule has 2 aromatic rings. The van der Waals surface area contributed by atoms with Crippen LogP contribution in [-0.4, -0.2) is 44.6 Å². The average Bonchev–Trinajstić information content (AvgIpc) is 3.23. The van der Waals surface area contributed by atoms with Crippen molar-refractivity contribution < 1.29 is 22.3 Å². The maximum atomic E-state index is 13.7. The highest BCUT2D eigenvalue weighted by Gasteiger charge is 2.41. The quantitative estimate of drug-likeness (QED) is 0.593. The first kappa shape index (κ1) is 22.8. The number of allylic oxidation sites excluding steroid dienone is 1. The Kier molecular flexibility index (Phi) is 6.35. The molecule has 2 N–H and O–H groups in total. The van der Waals surface area contributed by atoms with E-state index >= 15 is 0 Å². The van der Waals surface area contributed by atoms with Crippen LogP contribution < -0.4 is 10.0 Å². The van der Waals surface area contributed by atoms with Gasteiger partial charge in [-0.05, 0) is 25.0 Å². The maximum Gasteiger partial charge on any atom is 0.338 e. The number of hydrogen-bond acceptors (Lipinski definition) is 8. The fourth-order valence-electron chi connectivity index (χ4n) is 3.87. The normalized spacial score (nSPS) is 23.2. The first-order valence-corrected chi connectivity index (χ1v) is 12.8. The number of rotatable bonds is 6. The van der Waals surface area contributed by atoms with Gasteiger partial charge < -0.3 is 10.1 Å². The van der Waals surface area contributed by atoms with Crippen molar-refractivity contribution in [1.82, 2.24) is 15.0 Å². The van der Waals surface area contributed by atoms with Crippen LogP contribution >= 0.6 is 22.9 Å². The number of amidine groups is 1. The number of nitrogens with zero attached hydrogens (tertiary/aromatic N) is 2. The molecule has 1 aromatic carbocycles. The number of esters is 1. The van der Waals surface area contributed by atoms with Gasteiger partial charge in [-0.3, -0.25) is 4.99 Å². The molecule has 1 aliphatic carbocycles. The number of halogens is 2. The van der Waals surface area contributed by atoms with Crippen LogP contribution in [0, 0.1) is 11.7 Å². The van der Waals surface area contributed by atoms with Crippen LogP contribution in [0.2, 0.25) is 5.02 Å². The molecule has 1 aliphatic heterocycles. The Morgan fingerprint density at radius 3 is 2.72 bits per heavy atom. The van der Waals surface area contributed by atoms with Crippen LogP contribution in [0.25, 0.3) is 0 Å². The summed E-state index contributed by atoms with van der Waals surface area (Å²) in [4.78, 5) is 21.8. The average molecular weight is 499 g/mol. The van der Waals surface area contributed by atoms with Crippen molar-refractivity contribution >= 4 is 44.8 Å². The molecule has 32 heavy (non-hydrogen) atoms. The Bertz CT molecular complexity index is 1210. The molecule has 1 atom stereocenters. The highest BCUT2D eigenvalue weighted by molar-refractivity contribution is 7.88. The molecule has 1 saturated carbocycles. The van der Waals surface area contributed by atoms with Gasteiger partial charge in [0.2, 0.25) is 10.0 Å². The number of aromatic nitrogens is 1. The van der Waals surface area contributed by atoms with Crippen LogP contribution in [-0.2, 0) is 19.6 Å². The highest BCUT2D eigenvalue weighted by Crippen LogP contribution is 2.42. The zero-order valence-corrected chi connectivity index (χ0v) is 19.5. The van der Waals surface area contributed by atoms with E-state index in [1.54, 1.807) is 11.6 Å². The van der Waals surface area contributed by atoms with Gasteiger partial charge in [-0.2, -0.15) is 0 Å². The molecule has 1 aromatic heterocycles. The summed E-state index contributed by atoms with van der Waals surface area (Å²) in [7, 11) is -2.08. The molecule has 170 valence electrons. The van der Waals surface area contributed by atoms with Crippen molar-refractivity contribution in [2.75, 3.05) is 13.4 Å². The number of sulfonamides is 1. The summed E-state index contributed by atoms with van der Waals surface area (Å²) in [5, 5.41) is 5.76. The maximum absolute atomic E-state index is 13.7. The van der Waals surface area contributed by atoms with E-state index in [-0.39, 0.29) is 22.6 Å². The van der Waals surface area contributed by atoms with Crippen molar-refractivity contribution in [2.24, 2.45) is 10.9 Å². The standard InChI is InChI=1S/C20H20ClFN4O4S2/c1-30-20(27)15-16(10-7-12(8-10)26-32(2,28)29)24-18(19-23-5-6-31-19)25-17(15)13-4-3-11(22)9-14(13)21/h3-6,9-10,12,17,26H,7-8H2,1-2H3,(H,24,25). The lowest BCUT2D eigenvalue weighted by molar-refractivity contribution is -0.136. The Balaban J connectivity index is 1.78. The van der Waals surface area contributed by atoms with Gasteiger partial charge in [-0.15, -0.1) is 11.3 Å². The van der Waals surface area contributed by atoms with Gasteiger partial charge in [-0.1, -0.05) is 17.7 Å². The lowest BCUT2D eigenvalue weighted by atomic mass is 9.75. The smallest absolute Gasteiger partial charge is 0.338 e. The number of ether oxygens (including phenoxy) is 1. The van der Waals surface area contributed by atoms with E-state index in [9.17, 15) is 17.6 Å². The van der Waals surface area contributed by atoms with Gasteiger partial charge >= 0.3 is 5.97 Å². The van der Waals surface area contributed by atoms with Crippen LogP contribution in [0.5, 0.6) is 0 Å². The highest BCUT2D eigenvalue weighted by atomic mass is 35.5. The molecule has 0 spiro atoms. The Morgan fingerprint density at radius 2 is 2.12 bits per heavy atom. The minimum absolute atomic E-state index is 0.130. The molecule has 0 radical (unpaired) electrons. The van der Waals surface area contributed by atoms with E-state index in [0.29, 0.717) is 34.9 Å². The molecule has 0 bridgehead atoms. The van der Waals surface area contributed by atoms with Gasteiger partial charge in [0.25, 0.3) is 0 Å². The van der Waals surface area contributed by atoms with Crippen LogP contribution in [0.3, 0.4) is 0 Å². The summed E-state index contributed by atoms with van der Waals surface area (Å²) in [5.41, 5.74) is 1.28. The fraction of sp³-hybridized carbons (Fsp3) is 0.350. The number of carbonyl (C=O) groups is 1. The fourth-order valence-corrected chi connectivity index (χ4v) is 5.53. The molecule has 2 aliphatic rings. The van der Waals surface area contributed by atoms with Crippen LogP contribution in [0.15, 0.2) is 46.0 Å². The predicted molar refractivity (Wildman–Crippen MR) is 119 cm³/mol. The monoisotopic (exact) mass is 498 g/mol. The third-order valence-electron chi connectivity index (χ3n) is 5.30. The molecule has 1 fully saturated rings. The topological polar surface area (TPSA) is 110 Å². The van der Waals surface area contributed by atoms with Crippen molar-refractivity contribution in [3.63, 3.8) is 0 Å². The zero-order valence-electron chi connectivity index (χ0n) is 17.1. The Labute approximate surface area is 193 Å². The summed E-state index contributed by atoms with van der Waals surface area (Å²) < 4.78 is 44.4. The van der Waals surface area contributed by atoms with E-state index in [4.69, 9.17) is 16.3 Å². The summed E-state index contributed by atoms with van der Waals surface area (Å²) in [5.74, 6) is -0.795. The number of thiazole rings is 1. The third-order valence-corrected chi connectivity index (χ3v) is 7.17. The van der Waals surface area contributed by atoms with Gasteiger partial charge in [-0.25, -0.2) is 27.3 Å². The molecule has 0 amide bonds. The van der Waals surface area contributed by atoms with Crippen LogP contribution in [0.4, 0.5) is 4.39 Å². The zero-order chi connectivity index (χ0) is 23.0. The predicted octanol–water partition coefficient (Wildman–Crippen LogP) is 2.78. The van der Waals surface area contributed by atoms with Gasteiger partial charge in [0.1, 0.15) is 11.9 Å². The van der Waals surface area contributed by atoms with Crippen molar-refractivity contribution in [3.8, 4) is 0 Å². The van der Waals surface area contributed by atoms with E-state index in [1.807, 2.05) is 0 Å². The largest absolute Gasteiger partial charge is 0.466 e. The van der Waals surface area contributed by atoms with Gasteiger partial charge in [0.05, 0.1) is 18.9 Å². The van der Waals surface area contributed by atoms with E-state index in [1.165, 1.54) is 36.6 Å². The lowest BCUT2D eigenvalue weighted by Gasteiger charge is -2.40. The summed E-state index contributed by atoms with van der Waals surface area (Å²) >= 11 is 7.69. The second-order valence-electron chi connectivity index (χ2n) is 7.58. The van der Waals surface area contributed by atoms with E-state index in [2.05, 4.69) is 20.0 Å². The van der Waals surface area contributed by atoms with Crippen molar-refractivity contribution in [3.05, 3.63) is 62.5 Å². The van der Waals surface area contributed by atoms with E-state index in [0.717, 1.165) is 6.26 Å². The minimum atomic E-state index is -3.35. The number of nitrogens with one attached hydrogen (secondary N) is 2. The number of carbonyl (C=O) groups excluding carboxylic acids is 1. The minimum Gasteiger partial charge on any atom is -0.466 e. The molecular weight excluding hydrogens is 479 g/mol. The molecule has 2 heterocycles. The van der Waals surface area contributed by atoms with Gasteiger partial charge in [0, 0.05) is 39.8 Å². The molecule has 12 heteroatoms. The summed E-state index contributed by atoms with van der Waals surface area (Å²) in [6, 6.07) is 2.84. The summed E-state index contributed by atoms with van der Waals surface area (Å²) in [6.45, 7) is 0. The van der Waals surface area contributed by atoms with Crippen molar-refractivity contribution in [1.29, 1.82) is 0 Å². The number of aliphatic imine (C=N–C) groups is 1. The van der Waals surface area contributed by atoms with Gasteiger partial charge in [0.15, 0.2) is 10.8 Å². The number of hydrogen-bond donors (Lipinski definition) is 2. The van der Waals surface area contributed by atoms with Crippen molar-refractivity contribution in [2.45, 2.75) is 24.9 Å². The second kappa shape index (κ2) is 8.89. The SMILES string of the molecule is COC(=O)C1=C(C2CC(NS(C)(=O)=O)C2)NC(c2nccs2)=NC1c1ccc(F)cc1Cl. The molecule has 4 rings (SSSR count). The molecular formula is C20H20ClFN4O4S2.